The summed E-state index contributed by atoms with van der Waals surface area (Å²) in [7, 11) is 1.58. The summed E-state index contributed by atoms with van der Waals surface area (Å²) in [4.78, 5) is 28.0. The molecule has 4 nitrogen and oxygen atoms in total. The second-order valence-corrected chi connectivity index (χ2v) is 9.95. The van der Waals surface area contributed by atoms with E-state index >= 15 is 0 Å². The number of halogens is 3. The normalized spacial score (nSPS) is 11.6. The van der Waals surface area contributed by atoms with E-state index in [0.717, 1.165) is 16.7 Å². The van der Waals surface area contributed by atoms with Crippen molar-refractivity contribution in [3.63, 3.8) is 0 Å². The van der Waals surface area contributed by atoms with E-state index in [9.17, 15) is 9.59 Å². The van der Waals surface area contributed by atoms with Crippen molar-refractivity contribution in [3.05, 3.63) is 105 Å². The van der Waals surface area contributed by atoms with Gasteiger partial charge in [0.1, 0.15) is 6.04 Å². The van der Waals surface area contributed by atoms with Crippen LogP contribution in [0.5, 0.6) is 0 Å². The highest BCUT2D eigenvalue weighted by atomic mass is 35.5. The number of rotatable bonds is 10. The fraction of sp³-hybridized carbons (Fsp3) is 0.231. The summed E-state index contributed by atoms with van der Waals surface area (Å²) in [5.41, 5.74) is 2.80. The van der Waals surface area contributed by atoms with E-state index in [1.807, 2.05) is 60.7 Å². The van der Waals surface area contributed by atoms with Crippen LogP contribution in [0.1, 0.15) is 16.7 Å². The summed E-state index contributed by atoms with van der Waals surface area (Å²) in [6.07, 6.45) is 0.395. The van der Waals surface area contributed by atoms with Crippen molar-refractivity contribution in [2.24, 2.45) is 0 Å². The summed E-state index contributed by atoms with van der Waals surface area (Å²) in [5.74, 6) is 0.492. The van der Waals surface area contributed by atoms with Crippen molar-refractivity contribution in [3.8, 4) is 0 Å². The molecule has 0 unspecified atom stereocenters. The Hall–Kier alpha value is -2.18. The van der Waals surface area contributed by atoms with Gasteiger partial charge < -0.3 is 10.2 Å². The maximum atomic E-state index is 13.4. The molecule has 0 saturated heterocycles. The molecule has 0 saturated carbocycles. The minimum Gasteiger partial charge on any atom is -0.357 e. The SMILES string of the molecule is CNC(=O)[C@@H](Cc1ccccc1)N(Cc1ccc(Cl)c(Cl)c1)C(=O)CSCc1cccc(Cl)c1. The number of amides is 2. The zero-order valence-corrected chi connectivity index (χ0v) is 21.7. The average molecular weight is 536 g/mol. The number of hydrogen-bond donors (Lipinski definition) is 1. The Balaban J connectivity index is 1.83. The first-order chi connectivity index (χ1) is 16.4. The van der Waals surface area contributed by atoms with E-state index in [1.165, 1.54) is 11.8 Å². The highest BCUT2D eigenvalue weighted by Gasteiger charge is 2.29. The van der Waals surface area contributed by atoms with Crippen molar-refractivity contribution in [2.45, 2.75) is 24.8 Å². The average Bonchev–Trinajstić information content (AvgIpc) is 2.83. The van der Waals surface area contributed by atoms with Gasteiger partial charge in [0.2, 0.25) is 11.8 Å². The van der Waals surface area contributed by atoms with Gasteiger partial charge in [-0.25, -0.2) is 0 Å². The fourth-order valence-electron chi connectivity index (χ4n) is 3.52. The third-order valence-corrected chi connectivity index (χ3v) is 7.20. The van der Waals surface area contributed by atoms with E-state index in [0.29, 0.717) is 27.2 Å². The lowest BCUT2D eigenvalue weighted by Gasteiger charge is -2.31. The highest BCUT2D eigenvalue weighted by molar-refractivity contribution is 7.99. The second-order valence-electron chi connectivity index (χ2n) is 7.71. The van der Waals surface area contributed by atoms with Crippen molar-refractivity contribution in [2.75, 3.05) is 12.8 Å². The van der Waals surface area contributed by atoms with Gasteiger partial charge in [0, 0.05) is 30.8 Å². The summed E-state index contributed by atoms with van der Waals surface area (Å²) >= 11 is 19.8. The molecule has 2 amide bonds. The molecule has 1 N–H and O–H groups in total. The Morgan fingerprint density at radius 2 is 1.62 bits per heavy atom. The van der Waals surface area contributed by atoms with E-state index in [-0.39, 0.29) is 24.1 Å². The standard InChI is InChI=1S/C26H25Cl3N2O2S/c1-30-26(33)24(14-18-6-3-2-4-7-18)31(15-19-10-11-22(28)23(29)13-19)25(32)17-34-16-20-8-5-9-21(27)12-20/h2-13,24H,14-17H2,1H3,(H,30,33)/t24-/m1/s1. The van der Waals surface area contributed by atoms with Crippen LogP contribution in [0, 0.1) is 0 Å². The molecule has 3 aromatic rings. The van der Waals surface area contributed by atoms with Crippen LogP contribution in [0.3, 0.4) is 0 Å². The van der Waals surface area contributed by atoms with E-state index in [2.05, 4.69) is 5.32 Å². The molecule has 0 radical (unpaired) electrons. The topological polar surface area (TPSA) is 49.4 Å². The van der Waals surface area contributed by atoms with Crippen molar-refractivity contribution < 1.29 is 9.59 Å². The maximum absolute atomic E-state index is 13.4. The number of carbonyl (C=O) groups excluding carboxylic acids is 2. The molecule has 0 bridgehead atoms. The van der Waals surface area contributed by atoms with E-state index in [4.69, 9.17) is 34.8 Å². The molecule has 0 heterocycles. The van der Waals surface area contributed by atoms with Gasteiger partial charge in [-0.3, -0.25) is 9.59 Å². The van der Waals surface area contributed by atoms with Gasteiger partial charge in [-0.2, -0.15) is 0 Å². The Bertz CT molecular complexity index is 1130. The van der Waals surface area contributed by atoms with Crippen LogP contribution < -0.4 is 5.32 Å². The highest BCUT2D eigenvalue weighted by Crippen LogP contribution is 2.25. The first kappa shape index (κ1) is 26.4. The number of hydrogen-bond acceptors (Lipinski definition) is 3. The molecular weight excluding hydrogens is 511 g/mol. The molecule has 34 heavy (non-hydrogen) atoms. The Labute approximate surface area is 219 Å². The number of benzene rings is 3. The van der Waals surface area contributed by atoms with Gasteiger partial charge in [0.15, 0.2) is 0 Å². The Kier molecular flexibility index (Phi) is 10.1. The molecular formula is C26H25Cl3N2O2S. The van der Waals surface area contributed by atoms with Crippen LogP contribution in [0.2, 0.25) is 15.1 Å². The quantitative estimate of drug-likeness (QED) is 0.333. The first-order valence-electron chi connectivity index (χ1n) is 10.7. The van der Waals surface area contributed by atoms with Gasteiger partial charge in [0.05, 0.1) is 15.8 Å². The smallest absolute Gasteiger partial charge is 0.242 e. The first-order valence-corrected chi connectivity index (χ1v) is 13.0. The minimum absolute atomic E-state index is 0.136. The Morgan fingerprint density at radius 3 is 2.29 bits per heavy atom. The number of nitrogens with zero attached hydrogens (tertiary/aromatic N) is 1. The zero-order chi connectivity index (χ0) is 24.5. The minimum atomic E-state index is -0.680. The monoisotopic (exact) mass is 534 g/mol. The molecule has 0 aromatic heterocycles. The van der Waals surface area contributed by atoms with Gasteiger partial charge in [-0.05, 0) is 41.0 Å². The fourth-order valence-corrected chi connectivity index (χ4v) is 4.91. The van der Waals surface area contributed by atoms with Crippen molar-refractivity contribution >= 4 is 58.4 Å². The third-order valence-electron chi connectivity index (χ3n) is 5.24. The predicted octanol–water partition coefficient (Wildman–Crippen LogP) is 6.27. The lowest BCUT2D eigenvalue weighted by molar-refractivity contribution is -0.139. The van der Waals surface area contributed by atoms with Crippen molar-refractivity contribution in [1.29, 1.82) is 0 Å². The van der Waals surface area contributed by atoms with Crippen LogP contribution in [-0.2, 0) is 28.3 Å². The molecule has 3 rings (SSSR count). The lowest BCUT2D eigenvalue weighted by atomic mass is 10.0. The molecule has 8 heteroatoms. The van der Waals surface area contributed by atoms with E-state index < -0.39 is 6.04 Å². The molecule has 0 aliphatic heterocycles. The molecule has 178 valence electrons. The molecule has 1 atom stereocenters. The predicted molar refractivity (Wildman–Crippen MR) is 143 cm³/mol. The summed E-state index contributed by atoms with van der Waals surface area (Å²) in [6, 6.07) is 21.8. The van der Waals surface area contributed by atoms with Crippen LogP contribution >= 0.6 is 46.6 Å². The largest absolute Gasteiger partial charge is 0.357 e. The van der Waals surface area contributed by atoms with Gasteiger partial charge in [-0.1, -0.05) is 83.3 Å². The summed E-state index contributed by atoms with van der Waals surface area (Å²) < 4.78 is 0. The third kappa shape index (κ3) is 7.67. The molecule has 0 aliphatic carbocycles. The van der Waals surface area contributed by atoms with Gasteiger partial charge >= 0.3 is 0 Å². The zero-order valence-electron chi connectivity index (χ0n) is 18.6. The Morgan fingerprint density at radius 1 is 0.882 bits per heavy atom. The summed E-state index contributed by atoms with van der Waals surface area (Å²) in [5, 5.41) is 4.22. The van der Waals surface area contributed by atoms with Gasteiger partial charge in [0.25, 0.3) is 0 Å². The van der Waals surface area contributed by atoms with Crippen LogP contribution in [0.4, 0.5) is 0 Å². The molecule has 0 spiro atoms. The van der Waals surface area contributed by atoms with Crippen LogP contribution in [-0.4, -0.2) is 35.6 Å². The number of likely N-dealkylation sites (N-methyl/N-ethyl adjacent to an activating group) is 1. The van der Waals surface area contributed by atoms with Crippen LogP contribution in [0.15, 0.2) is 72.8 Å². The summed E-state index contributed by atoms with van der Waals surface area (Å²) in [6.45, 7) is 0.234. The molecule has 0 fully saturated rings. The number of carbonyl (C=O) groups is 2. The van der Waals surface area contributed by atoms with Crippen LogP contribution in [0.25, 0.3) is 0 Å². The number of thioether (sulfide) groups is 1. The lowest BCUT2D eigenvalue weighted by Crippen LogP contribution is -2.50. The van der Waals surface area contributed by atoms with E-state index in [1.54, 1.807) is 24.1 Å². The van der Waals surface area contributed by atoms with Crippen molar-refractivity contribution in [1.82, 2.24) is 10.2 Å². The molecule has 3 aromatic carbocycles. The number of nitrogens with one attached hydrogen (secondary N) is 1. The van der Waals surface area contributed by atoms with Gasteiger partial charge in [-0.15, -0.1) is 11.8 Å². The molecule has 0 aliphatic rings. The second kappa shape index (κ2) is 13.1. The maximum Gasteiger partial charge on any atom is 0.242 e.